The van der Waals surface area contributed by atoms with Crippen molar-refractivity contribution in [3.05, 3.63) is 83.3 Å². The molecule has 1 aromatic heterocycles. The van der Waals surface area contributed by atoms with Crippen molar-refractivity contribution in [1.82, 2.24) is 15.3 Å². The van der Waals surface area contributed by atoms with Gasteiger partial charge in [0.1, 0.15) is 24.5 Å². The quantitative estimate of drug-likeness (QED) is 0.717. The molecule has 132 valence electrons. The molecule has 0 saturated heterocycles. The zero-order chi connectivity index (χ0) is 17.6. The summed E-state index contributed by atoms with van der Waals surface area (Å²) in [5.74, 6) is 1.82. The number of nitrogens with one attached hydrogen (secondary N) is 2. The Morgan fingerprint density at radius 1 is 1.00 bits per heavy atom. The minimum atomic E-state index is 0.562. The monoisotopic (exact) mass is 346 g/mol. The van der Waals surface area contributed by atoms with E-state index in [0.29, 0.717) is 13.2 Å². The van der Waals surface area contributed by atoms with Crippen LogP contribution >= 0.6 is 0 Å². The molecule has 0 spiro atoms. The standard InChI is InChI=1S/C21H22N4O/c1-2-6-16(7-3-1)14-26-20-9-5-4-8-17(20)12-23-21-18-10-11-22-13-19(18)24-15-25-21/h1-9,15,22H,10-14H2,(H,23,24,25). The molecule has 0 saturated carbocycles. The molecular weight excluding hydrogens is 324 g/mol. The van der Waals surface area contributed by atoms with Gasteiger partial charge in [-0.05, 0) is 24.6 Å². The number of benzene rings is 2. The molecule has 2 aromatic carbocycles. The second-order valence-electron chi connectivity index (χ2n) is 6.31. The van der Waals surface area contributed by atoms with E-state index in [0.717, 1.165) is 47.9 Å². The third kappa shape index (κ3) is 3.83. The van der Waals surface area contributed by atoms with E-state index in [9.17, 15) is 0 Å². The molecule has 0 atom stereocenters. The van der Waals surface area contributed by atoms with E-state index in [1.807, 2.05) is 36.4 Å². The molecular formula is C21H22N4O. The van der Waals surface area contributed by atoms with Gasteiger partial charge in [-0.25, -0.2) is 9.97 Å². The molecule has 0 radical (unpaired) electrons. The van der Waals surface area contributed by atoms with Crippen molar-refractivity contribution in [3.63, 3.8) is 0 Å². The number of aromatic nitrogens is 2. The number of nitrogens with zero attached hydrogens (tertiary/aromatic N) is 2. The van der Waals surface area contributed by atoms with Crippen LogP contribution in [0.4, 0.5) is 5.82 Å². The number of rotatable bonds is 6. The van der Waals surface area contributed by atoms with E-state index in [2.05, 4.69) is 38.8 Å². The summed E-state index contributed by atoms with van der Waals surface area (Å²) in [5, 5.41) is 6.81. The number of para-hydroxylation sites is 1. The summed E-state index contributed by atoms with van der Waals surface area (Å²) in [5.41, 5.74) is 4.58. The van der Waals surface area contributed by atoms with Crippen molar-refractivity contribution in [2.24, 2.45) is 0 Å². The van der Waals surface area contributed by atoms with E-state index >= 15 is 0 Å². The van der Waals surface area contributed by atoms with Crippen molar-refractivity contribution < 1.29 is 4.74 Å². The molecule has 1 aliphatic heterocycles. The Hall–Kier alpha value is -2.92. The fourth-order valence-electron chi connectivity index (χ4n) is 3.14. The molecule has 0 unspecified atom stereocenters. The maximum Gasteiger partial charge on any atom is 0.133 e. The first kappa shape index (κ1) is 16.5. The summed E-state index contributed by atoms with van der Waals surface area (Å²) in [4.78, 5) is 8.82. The first-order valence-electron chi connectivity index (χ1n) is 8.92. The van der Waals surface area contributed by atoms with Crippen molar-refractivity contribution in [2.75, 3.05) is 11.9 Å². The molecule has 1 aliphatic rings. The van der Waals surface area contributed by atoms with Crippen LogP contribution in [0.25, 0.3) is 0 Å². The minimum absolute atomic E-state index is 0.562. The molecule has 3 aromatic rings. The lowest BCUT2D eigenvalue weighted by Gasteiger charge is -2.19. The van der Waals surface area contributed by atoms with Crippen LogP contribution in [0.2, 0.25) is 0 Å². The van der Waals surface area contributed by atoms with E-state index in [-0.39, 0.29) is 0 Å². The smallest absolute Gasteiger partial charge is 0.133 e. The fraction of sp³-hybridized carbons (Fsp3) is 0.238. The minimum Gasteiger partial charge on any atom is -0.489 e. The van der Waals surface area contributed by atoms with Crippen molar-refractivity contribution in [1.29, 1.82) is 0 Å². The highest BCUT2D eigenvalue weighted by Crippen LogP contribution is 2.23. The molecule has 2 N–H and O–H groups in total. The third-order valence-corrected chi connectivity index (χ3v) is 4.53. The van der Waals surface area contributed by atoms with Crippen molar-refractivity contribution in [2.45, 2.75) is 26.1 Å². The van der Waals surface area contributed by atoms with E-state index in [4.69, 9.17) is 4.74 Å². The number of hydrogen-bond donors (Lipinski definition) is 2. The summed E-state index contributed by atoms with van der Waals surface area (Å²) in [6.45, 7) is 3.00. The van der Waals surface area contributed by atoms with Crippen LogP contribution in [0.3, 0.4) is 0 Å². The molecule has 0 amide bonds. The topological polar surface area (TPSA) is 59.1 Å². The molecule has 0 fully saturated rings. The van der Waals surface area contributed by atoms with Crippen LogP contribution < -0.4 is 15.4 Å². The van der Waals surface area contributed by atoms with Gasteiger partial charge in [-0.2, -0.15) is 0 Å². The second kappa shape index (κ2) is 7.97. The zero-order valence-corrected chi connectivity index (χ0v) is 14.6. The molecule has 5 nitrogen and oxygen atoms in total. The van der Waals surface area contributed by atoms with Crippen LogP contribution in [0, 0.1) is 0 Å². The lowest BCUT2D eigenvalue weighted by Crippen LogP contribution is -2.26. The third-order valence-electron chi connectivity index (χ3n) is 4.53. The van der Waals surface area contributed by atoms with Gasteiger partial charge < -0.3 is 15.4 Å². The largest absolute Gasteiger partial charge is 0.489 e. The summed E-state index contributed by atoms with van der Waals surface area (Å²) < 4.78 is 6.04. The van der Waals surface area contributed by atoms with Gasteiger partial charge in [0.25, 0.3) is 0 Å². The van der Waals surface area contributed by atoms with Gasteiger partial charge in [0.15, 0.2) is 0 Å². The molecule has 0 bridgehead atoms. The fourth-order valence-corrected chi connectivity index (χ4v) is 3.14. The van der Waals surface area contributed by atoms with Crippen molar-refractivity contribution >= 4 is 5.82 Å². The zero-order valence-electron chi connectivity index (χ0n) is 14.6. The Morgan fingerprint density at radius 2 is 1.85 bits per heavy atom. The first-order chi connectivity index (χ1) is 12.9. The average Bonchev–Trinajstić information content (AvgIpc) is 2.72. The van der Waals surface area contributed by atoms with Gasteiger partial charge in [0, 0.05) is 24.2 Å². The Morgan fingerprint density at radius 3 is 2.77 bits per heavy atom. The molecule has 2 heterocycles. The van der Waals surface area contributed by atoms with E-state index in [1.165, 1.54) is 5.56 Å². The number of anilines is 1. The number of fused-ring (bicyclic) bond motifs is 1. The first-order valence-corrected chi connectivity index (χ1v) is 8.92. The summed E-state index contributed by atoms with van der Waals surface area (Å²) in [6.07, 6.45) is 2.58. The van der Waals surface area contributed by atoms with Gasteiger partial charge in [-0.1, -0.05) is 48.5 Å². The highest BCUT2D eigenvalue weighted by Gasteiger charge is 2.15. The maximum atomic E-state index is 6.04. The lowest BCUT2D eigenvalue weighted by molar-refractivity contribution is 0.303. The van der Waals surface area contributed by atoms with Gasteiger partial charge in [-0.15, -0.1) is 0 Å². The van der Waals surface area contributed by atoms with Crippen LogP contribution in [0.5, 0.6) is 5.75 Å². The van der Waals surface area contributed by atoms with E-state index in [1.54, 1.807) is 6.33 Å². The Labute approximate surface area is 153 Å². The average molecular weight is 346 g/mol. The van der Waals surface area contributed by atoms with Gasteiger partial charge in [-0.3, -0.25) is 0 Å². The summed E-state index contributed by atoms with van der Waals surface area (Å²) in [6, 6.07) is 18.3. The lowest BCUT2D eigenvalue weighted by atomic mass is 10.1. The van der Waals surface area contributed by atoms with Crippen LogP contribution in [0.1, 0.15) is 22.4 Å². The summed E-state index contributed by atoms with van der Waals surface area (Å²) >= 11 is 0. The number of ether oxygens (including phenoxy) is 1. The van der Waals surface area contributed by atoms with Gasteiger partial charge >= 0.3 is 0 Å². The highest BCUT2D eigenvalue weighted by molar-refractivity contribution is 5.48. The van der Waals surface area contributed by atoms with E-state index < -0.39 is 0 Å². The van der Waals surface area contributed by atoms with Crippen LogP contribution in [0.15, 0.2) is 60.9 Å². The second-order valence-corrected chi connectivity index (χ2v) is 6.31. The SMILES string of the molecule is c1ccc(COc2ccccc2CNc2ncnc3c2CCNC3)cc1. The molecule has 26 heavy (non-hydrogen) atoms. The van der Waals surface area contributed by atoms with Crippen molar-refractivity contribution in [3.8, 4) is 5.75 Å². The van der Waals surface area contributed by atoms with Crippen LogP contribution in [-0.4, -0.2) is 16.5 Å². The van der Waals surface area contributed by atoms with Crippen LogP contribution in [-0.2, 0) is 26.1 Å². The predicted molar refractivity (Wildman–Crippen MR) is 102 cm³/mol. The van der Waals surface area contributed by atoms with Gasteiger partial charge in [0.05, 0.1) is 5.69 Å². The Balaban J connectivity index is 1.46. The Bertz CT molecular complexity index is 867. The molecule has 5 heteroatoms. The normalized spacial score (nSPS) is 13.1. The summed E-state index contributed by atoms with van der Waals surface area (Å²) in [7, 11) is 0. The highest BCUT2D eigenvalue weighted by atomic mass is 16.5. The predicted octanol–water partition coefficient (Wildman–Crippen LogP) is 3.31. The van der Waals surface area contributed by atoms with Gasteiger partial charge in [0.2, 0.25) is 0 Å². The molecule has 4 rings (SSSR count). The Kier molecular flexibility index (Phi) is 5.07. The maximum absolute atomic E-state index is 6.04. The number of hydrogen-bond acceptors (Lipinski definition) is 5. The molecule has 0 aliphatic carbocycles.